The average Bonchev–Trinajstić information content (AvgIpc) is 2.47. The molecule has 0 bridgehead atoms. The summed E-state index contributed by atoms with van der Waals surface area (Å²) in [5.41, 5.74) is 0. The van der Waals surface area contributed by atoms with Gasteiger partial charge in [-0.15, -0.1) is 24.0 Å². The number of guanidine groups is 1. The van der Waals surface area contributed by atoms with Crippen LogP contribution in [0.4, 0.5) is 0 Å². The summed E-state index contributed by atoms with van der Waals surface area (Å²) in [5, 5.41) is 6.48. The molecule has 124 valence electrons. The van der Waals surface area contributed by atoms with E-state index in [1.807, 2.05) is 0 Å². The van der Waals surface area contributed by atoms with E-state index in [0.29, 0.717) is 5.96 Å². The first-order chi connectivity index (χ1) is 9.63. The molecule has 0 aliphatic carbocycles. The monoisotopic (exact) mass is 412 g/mol. The highest BCUT2D eigenvalue weighted by Gasteiger charge is 2.14. The van der Waals surface area contributed by atoms with Crippen LogP contribution in [0.2, 0.25) is 0 Å². The van der Waals surface area contributed by atoms with Crippen molar-refractivity contribution in [2.24, 2.45) is 4.99 Å². The summed E-state index contributed by atoms with van der Waals surface area (Å²) in [4.78, 5) is 17.4. The number of rotatable bonds is 6. The van der Waals surface area contributed by atoms with E-state index >= 15 is 0 Å². The molecule has 1 saturated heterocycles. The minimum absolute atomic E-state index is 0. The first kappa shape index (κ1) is 20.4. The fraction of sp³-hybridized carbons (Fsp3) is 0.857. The number of hydrogen-bond acceptors (Lipinski definition) is 3. The third-order valence-corrected chi connectivity index (χ3v) is 3.18. The molecule has 0 aromatic carbocycles. The lowest BCUT2D eigenvalue weighted by Crippen LogP contribution is -2.43. The molecule has 0 radical (unpaired) electrons. The van der Waals surface area contributed by atoms with Crippen LogP contribution in [0.25, 0.3) is 0 Å². The van der Waals surface area contributed by atoms with Crippen LogP contribution < -0.4 is 10.6 Å². The number of hydrogen-bond donors (Lipinski definition) is 2. The number of halogens is 1. The minimum Gasteiger partial charge on any atom is -0.376 e. The van der Waals surface area contributed by atoms with E-state index in [9.17, 15) is 4.79 Å². The van der Waals surface area contributed by atoms with Crippen LogP contribution in [0.1, 0.15) is 32.6 Å². The Labute approximate surface area is 145 Å². The lowest BCUT2D eigenvalue weighted by molar-refractivity contribution is -0.127. The Kier molecular flexibility index (Phi) is 11.7. The molecule has 1 amide bonds. The molecule has 1 aliphatic heterocycles. The predicted octanol–water partition coefficient (Wildman–Crippen LogP) is 1.21. The van der Waals surface area contributed by atoms with E-state index in [1.54, 1.807) is 19.0 Å². The predicted molar refractivity (Wildman–Crippen MR) is 96.3 cm³/mol. The smallest absolute Gasteiger partial charge is 0.243 e. The zero-order valence-corrected chi connectivity index (χ0v) is 15.7. The molecule has 1 aliphatic rings. The fourth-order valence-corrected chi connectivity index (χ4v) is 1.88. The molecule has 1 unspecified atom stereocenters. The summed E-state index contributed by atoms with van der Waals surface area (Å²) in [5.74, 6) is 0.688. The second-order valence-corrected chi connectivity index (χ2v) is 5.25. The quantitative estimate of drug-likeness (QED) is 0.391. The van der Waals surface area contributed by atoms with Crippen molar-refractivity contribution in [2.45, 2.75) is 38.7 Å². The lowest BCUT2D eigenvalue weighted by Gasteiger charge is -2.23. The third-order valence-electron chi connectivity index (χ3n) is 3.18. The summed E-state index contributed by atoms with van der Waals surface area (Å²) in [7, 11) is 3.47. The van der Waals surface area contributed by atoms with Gasteiger partial charge in [-0.25, -0.2) is 4.99 Å². The number of amides is 1. The van der Waals surface area contributed by atoms with Crippen molar-refractivity contribution >= 4 is 35.8 Å². The zero-order valence-electron chi connectivity index (χ0n) is 13.4. The van der Waals surface area contributed by atoms with E-state index < -0.39 is 0 Å². The average molecular weight is 412 g/mol. The molecule has 21 heavy (non-hydrogen) atoms. The first-order valence-corrected chi connectivity index (χ1v) is 7.47. The van der Waals surface area contributed by atoms with Crippen molar-refractivity contribution in [2.75, 3.05) is 40.3 Å². The maximum atomic E-state index is 11.6. The maximum Gasteiger partial charge on any atom is 0.243 e. The minimum atomic E-state index is -0.00323. The summed E-state index contributed by atoms with van der Waals surface area (Å²) in [6.07, 6.45) is 4.73. The molecule has 1 heterocycles. The Morgan fingerprint density at radius 3 is 2.67 bits per heavy atom. The summed E-state index contributed by atoms with van der Waals surface area (Å²) in [6, 6.07) is 0. The van der Waals surface area contributed by atoms with E-state index in [-0.39, 0.29) is 42.5 Å². The van der Waals surface area contributed by atoms with Crippen LogP contribution in [-0.4, -0.2) is 63.2 Å². The number of likely N-dealkylation sites (N-methyl/N-ethyl adjacent to an activating group) is 1. The number of nitrogens with one attached hydrogen (secondary N) is 2. The molecule has 0 spiro atoms. The van der Waals surface area contributed by atoms with Gasteiger partial charge < -0.3 is 20.3 Å². The highest BCUT2D eigenvalue weighted by molar-refractivity contribution is 14.0. The molecule has 0 aromatic heterocycles. The van der Waals surface area contributed by atoms with Crippen LogP contribution in [0.3, 0.4) is 0 Å². The van der Waals surface area contributed by atoms with Gasteiger partial charge in [0.2, 0.25) is 5.91 Å². The van der Waals surface area contributed by atoms with Crippen LogP contribution in [0, 0.1) is 0 Å². The number of aliphatic imine (C=N–C) groups is 1. The molecular formula is C14H29IN4O2. The lowest BCUT2D eigenvalue weighted by atomic mass is 10.1. The zero-order chi connectivity index (χ0) is 14.8. The Morgan fingerprint density at radius 2 is 2.10 bits per heavy atom. The SMILES string of the molecule is CCCNC(=NCC(=O)N(C)C)NCC1CCCCO1.I. The van der Waals surface area contributed by atoms with Gasteiger partial charge in [0, 0.05) is 33.8 Å². The van der Waals surface area contributed by atoms with Crippen LogP contribution in [-0.2, 0) is 9.53 Å². The summed E-state index contributed by atoms with van der Waals surface area (Å²) >= 11 is 0. The largest absolute Gasteiger partial charge is 0.376 e. The van der Waals surface area contributed by atoms with Crippen LogP contribution in [0.5, 0.6) is 0 Å². The number of ether oxygens (including phenoxy) is 1. The molecule has 1 atom stereocenters. The second kappa shape index (κ2) is 12.0. The standard InChI is InChI=1S/C14H28N4O2.HI/c1-4-8-15-14(17-11-13(19)18(2)3)16-10-12-7-5-6-9-20-12;/h12H,4-11H2,1-3H3,(H2,15,16,17);1H. The number of carbonyl (C=O) groups is 1. The molecule has 0 aromatic rings. The third kappa shape index (κ3) is 9.13. The van der Waals surface area contributed by atoms with Crippen LogP contribution in [0.15, 0.2) is 4.99 Å². The van der Waals surface area contributed by atoms with E-state index in [2.05, 4.69) is 22.5 Å². The van der Waals surface area contributed by atoms with E-state index in [0.717, 1.165) is 39.0 Å². The first-order valence-electron chi connectivity index (χ1n) is 7.47. The van der Waals surface area contributed by atoms with Crippen LogP contribution >= 0.6 is 24.0 Å². The van der Waals surface area contributed by atoms with Gasteiger partial charge in [-0.1, -0.05) is 6.92 Å². The topological polar surface area (TPSA) is 66.0 Å². The fourth-order valence-electron chi connectivity index (χ4n) is 1.88. The van der Waals surface area contributed by atoms with Crippen molar-refractivity contribution in [1.82, 2.24) is 15.5 Å². The van der Waals surface area contributed by atoms with Crippen molar-refractivity contribution < 1.29 is 9.53 Å². The molecule has 7 heteroatoms. The van der Waals surface area contributed by atoms with Gasteiger partial charge in [0.25, 0.3) is 0 Å². The van der Waals surface area contributed by atoms with Gasteiger partial charge in [0.05, 0.1) is 6.10 Å². The van der Waals surface area contributed by atoms with Gasteiger partial charge in [0.1, 0.15) is 6.54 Å². The Bertz CT molecular complexity index is 318. The number of carbonyl (C=O) groups excluding carboxylic acids is 1. The Hall–Kier alpha value is -0.570. The molecule has 0 saturated carbocycles. The van der Waals surface area contributed by atoms with Gasteiger partial charge in [-0.2, -0.15) is 0 Å². The molecular weight excluding hydrogens is 383 g/mol. The van der Waals surface area contributed by atoms with Gasteiger partial charge in [-0.3, -0.25) is 4.79 Å². The van der Waals surface area contributed by atoms with Crippen molar-refractivity contribution in [3.63, 3.8) is 0 Å². The summed E-state index contributed by atoms with van der Waals surface area (Å²) < 4.78 is 5.68. The van der Waals surface area contributed by atoms with Gasteiger partial charge >= 0.3 is 0 Å². The van der Waals surface area contributed by atoms with Crippen molar-refractivity contribution in [3.8, 4) is 0 Å². The normalized spacial score (nSPS) is 18.6. The van der Waals surface area contributed by atoms with E-state index in [4.69, 9.17) is 4.74 Å². The Balaban J connectivity index is 0.00000400. The maximum absolute atomic E-state index is 11.6. The number of nitrogens with zero attached hydrogens (tertiary/aromatic N) is 2. The second-order valence-electron chi connectivity index (χ2n) is 5.25. The van der Waals surface area contributed by atoms with E-state index in [1.165, 1.54) is 6.42 Å². The Morgan fingerprint density at radius 1 is 1.33 bits per heavy atom. The van der Waals surface area contributed by atoms with Crippen molar-refractivity contribution in [3.05, 3.63) is 0 Å². The molecule has 1 rings (SSSR count). The highest BCUT2D eigenvalue weighted by atomic mass is 127. The van der Waals surface area contributed by atoms with Crippen molar-refractivity contribution in [1.29, 1.82) is 0 Å². The van der Waals surface area contributed by atoms with Gasteiger partial charge in [-0.05, 0) is 25.7 Å². The molecule has 2 N–H and O–H groups in total. The molecule has 1 fully saturated rings. The molecule has 6 nitrogen and oxygen atoms in total. The summed E-state index contributed by atoms with van der Waals surface area (Å²) in [6.45, 7) is 4.69. The van der Waals surface area contributed by atoms with Gasteiger partial charge in [0.15, 0.2) is 5.96 Å². The highest BCUT2D eigenvalue weighted by Crippen LogP contribution is 2.11.